The zero-order chi connectivity index (χ0) is 19.3. The molecular weight excluding hydrogens is 364 g/mol. The van der Waals surface area contributed by atoms with Crippen molar-refractivity contribution in [3.63, 3.8) is 0 Å². The first kappa shape index (κ1) is 19.5. The van der Waals surface area contributed by atoms with E-state index in [2.05, 4.69) is 22.1 Å². The molecular formula is C19H24N4O3S. The zero-order valence-corrected chi connectivity index (χ0v) is 16.2. The summed E-state index contributed by atoms with van der Waals surface area (Å²) < 4.78 is 27.1. The molecule has 1 aliphatic heterocycles. The topological polar surface area (TPSA) is 82.6 Å². The van der Waals surface area contributed by atoms with Crippen LogP contribution in [0.25, 0.3) is 0 Å². The Hall–Kier alpha value is -2.29. The van der Waals surface area contributed by atoms with Gasteiger partial charge in [-0.15, -0.1) is 0 Å². The number of nitrogens with one attached hydrogen (secondary N) is 1. The molecule has 0 radical (unpaired) electrons. The third kappa shape index (κ3) is 4.71. The Labute approximate surface area is 160 Å². The van der Waals surface area contributed by atoms with Gasteiger partial charge in [0.1, 0.15) is 0 Å². The standard InChI is InChI=1S/C19H24N4O3S/c1-2-22-10-12-23(13-11-22)27(25,26)18-7-5-17(6-8-18)19(24)21-15-16-4-3-9-20-14-16/h3-9,14H,2,10-13,15H2,1H3,(H,21,24). The van der Waals surface area contributed by atoms with Gasteiger partial charge in [-0.1, -0.05) is 13.0 Å². The number of amides is 1. The van der Waals surface area contributed by atoms with Crippen LogP contribution in [0.1, 0.15) is 22.8 Å². The number of likely N-dealkylation sites (N-methyl/N-ethyl adjacent to an activating group) is 1. The van der Waals surface area contributed by atoms with Gasteiger partial charge in [0.15, 0.2) is 0 Å². The molecule has 0 saturated carbocycles. The molecule has 7 nitrogen and oxygen atoms in total. The number of benzene rings is 1. The third-order valence-electron chi connectivity index (χ3n) is 4.71. The lowest BCUT2D eigenvalue weighted by Crippen LogP contribution is -2.48. The molecule has 2 heterocycles. The van der Waals surface area contributed by atoms with E-state index in [0.717, 1.165) is 25.2 Å². The third-order valence-corrected chi connectivity index (χ3v) is 6.62. The fourth-order valence-corrected chi connectivity index (χ4v) is 4.42. The van der Waals surface area contributed by atoms with Crippen LogP contribution >= 0.6 is 0 Å². The minimum absolute atomic E-state index is 0.219. The predicted octanol–water partition coefficient (Wildman–Crippen LogP) is 1.34. The summed E-state index contributed by atoms with van der Waals surface area (Å²) in [7, 11) is -3.52. The van der Waals surface area contributed by atoms with Gasteiger partial charge in [-0.3, -0.25) is 9.78 Å². The monoisotopic (exact) mass is 388 g/mol. The number of piperazine rings is 1. The van der Waals surface area contributed by atoms with Crippen LogP contribution in [0.2, 0.25) is 0 Å². The van der Waals surface area contributed by atoms with Crippen LogP contribution in [0.4, 0.5) is 0 Å². The summed E-state index contributed by atoms with van der Waals surface area (Å²) >= 11 is 0. The van der Waals surface area contributed by atoms with Gasteiger partial charge in [-0.05, 0) is 42.4 Å². The second-order valence-corrected chi connectivity index (χ2v) is 8.34. The molecule has 8 heteroatoms. The van der Waals surface area contributed by atoms with Crippen LogP contribution in [0.15, 0.2) is 53.7 Å². The van der Waals surface area contributed by atoms with Gasteiger partial charge in [-0.2, -0.15) is 4.31 Å². The summed E-state index contributed by atoms with van der Waals surface area (Å²) in [6.07, 6.45) is 3.36. The molecule has 27 heavy (non-hydrogen) atoms. The Bertz CT molecular complexity index is 862. The fraction of sp³-hybridized carbons (Fsp3) is 0.368. The first-order chi connectivity index (χ1) is 13.0. The maximum atomic E-state index is 12.8. The highest BCUT2D eigenvalue weighted by atomic mass is 32.2. The van der Waals surface area contributed by atoms with Gasteiger partial charge in [0, 0.05) is 50.7 Å². The number of hydrogen-bond donors (Lipinski definition) is 1. The van der Waals surface area contributed by atoms with Crippen molar-refractivity contribution >= 4 is 15.9 Å². The summed E-state index contributed by atoms with van der Waals surface area (Å²) in [4.78, 5) is 18.7. The van der Waals surface area contributed by atoms with Crippen molar-refractivity contribution in [3.05, 3.63) is 59.9 Å². The maximum Gasteiger partial charge on any atom is 0.251 e. The fourth-order valence-electron chi connectivity index (χ4n) is 3.00. The van der Waals surface area contributed by atoms with Gasteiger partial charge in [0.25, 0.3) is 5.91 Å². The minimum Gasteiger partial charge on any atom is -0.348 e. The van der Waals surface area contributed by atoms with E-state index in [9.17, 15) is 13.2 Å². The lowest BCUT2D eigenvalue weighted by atomic mass is 10.2. The van der Waals surface area contributed by atoms with Gasteiger partial charge < -0.3 is 10.2 Å². The van der Waals surface area contributed by atoms with Crippen molar-refractivity contribution in [3.8, 4) is 0 Å². The summed E-state index contributed by atoms with van der Waals surface area (Å²) in [6.45, 7) is 5.83. The number of hydrogen-bond acceptors (Lipinski definition) is 5. The predicted molar refractivity (Wildman–Crippen MR) is 103 cm³/mol. The molecule has 0 aliphatic carbocycles. The normalized spacial score (nSPS) is 16.2. The minimum atomic E-state index is -3.52. The van der Waals surface area contributed by atoms with E-state index < -0.39 is 10.0 Å². The SMILES string of the molecule is CCN1CCN(S(=O)(=O)c2ccc(C(=O)NCc3cccnc3)cc2)CC1. The number of carbonyl (C=O) groups is 1. The van der Waals surface area contributed by atoms with Crippen molar-refractivity contribution in [1.29, 1.82) is 0 Å². The Morgan fingerprint density at radius 1 is 1.11 bits per heavy atom. The second kappa shape index (κ2) is 8.60. The highest BCUT2D eigenvalue weighted by Gasteiger charge is 2.28. The zero-order valence-electron chi connectivity index (χ0n) is 15.3. The Morgan fingerprint density at radius 2 is 1.81 bits per heavy atom. The van der Waals surface area contributed by atoms with E-state index in [1.807, 2.05) is 12.1 Å². The van der Waals surface area contributed by atoms with Gasteiger partial charge >= 0.3 is 0 Å². The molecule has 0 atom stereocenters. The van der Waals surface area contributed by atoms with E-state index in [4.69, 9.17) is 0 Å². The summed E-state index contributed by atoms with van der Waals surface area (Å²) in [5.41, 5.74) is 1.32. The average molecular weight is 388 g/mol. The van der Waals surface area contributed by atoms with Crippen LogP contribution in [-0.2, 0) is 16.6 Å². The largest absolute Gasteiger partial charge is 0.348 e. The first-order valence-corrected chi connectivity index (χ1v) is 10.4. The highest BCUT2D eigenvalue weighted by molar-refractivity contribution is 7.89. The molecule has 0 bridgehead atoms. The van der Waals surface area contributed by atoms with Crippen molar-refractivity contribution in [1.82, 2.24) is 19.5 Å². The molecule has 1 aromatic heterocycles. The van der Waals surface area contributed by atoms with Crippen LogP contribution in [0.5, 0.6) is 0 Å². The van der Waals surface area contributed by atoms with E-state index in [1.165, 1.54) is 16.4 Å². The average Bonchev–Trinajstić information content (AvgIpc) is 2.73. The number of nitrogens with zero attached hydrogens (tertiary/aromatic N) is 3. The second-order valence-electron chi connectivity index (χ2n) is 6.41. The van der Waals surface area contributed by atoms with Crippen molar-refractivity contribution < 1.29 is 13.2 Å². The van der Waals surface area contributed by atoms with Crippen molar-refractivity contribution in [2.45, 2.75) is 18.4 Å². The van der Waals surface area contributed by atoms with E-state index in [-0.39, 0.29) is 10.8 Å². The van der Waals surface area contributed by atoms with Crippen LogP contribution in [-0.4, -0.2) is 61.2 Å². The Kier molecular flexibility index (Phi) is 6.20. The van der Waals surface area contributed by atoms with Crippen LogP contribution in [0, 0.1) is 0 Å². The van der Waals surface area contributed by atoms with Crippen LogP contribution in [0.3, 0.4) is 0 Å². The molecule has 0 unspecified atom stereocenters. The van der Waals surface area contributed by atoms with E-state index in [0.29, 0.717) is 25.2 Å². The van der Waals surface area contributed by atoms with Crippen molar-refractivity contribution in [2.24, 2.45) is 0 Å². The van der Waals surface area contributed by atoms with Gasteiger partial charge in [0.2, 0.25) is 10.0 Å². The van der Waals surface area contributed by atoms with Crippen LogP contribution < -0.4 is 5.32 Å². The molecule has 0 spiro atoms. The van der Waals surface area contributed by atoms with E-state index >= 15 is 0 Å². The summed E-state index contributed by atoms with van der Waals surface area (Å²) in [5, 5.41) is 2.80. The molecule has 1 saturated heterocycles. The highest BCUT2D eigenvalue weighted by Crippen LogP contribution is 2.18. The quantitative estimate of drug-likeness (QED) is 0.807. The molecule has 1 N–H and O–H groups in total. The van der Waals surface area contributed by atoms with Crippen molar-refractivity contribution in [2.75, 3.05) is 32.7 Å². The number of carbonyl (C=O) groups excluding carboxylic acids is 1. The molecule has 3 rings (SSSR count). The van der Waals surface area contributed by atoms with Gasteiger partial charge in [0.05, 0.1) is 4.90 Å². The number of rotatable bonds is 6. The van der Waals surface area contributed by atoms with E-state index in [1.54, 1.807) is 24.5 Å². The lowest BCUT2D eigenvalue weighted by Gasteiger charge is -2.33. The molecule has 1 fully saturated rings. The smallest absolute Gasteiger partial charge is 0.251 e. The molecule has 1 amide bonds. The lowest BCUT2D eigenvalue weighted by molar-refractivity contribution is 0.0950. The number of pyridine rings is 1. The molecule has 1 aromatic carbocycles. The first-order valence-electron chi connectivity index (χ1n) is 9.00. The summed E-state index contributed by atoms with van der Waals surface area (Å²) in [5.74, 6) is -0.251. The maximum absolute atomic E-state index is 12.8. The Balaban J connectivity index is 1.63. The summed E-state index contributed by atoms with van der Waals surface area (Å²) in [6, 6.07) is 9.78. The number of sulfonamides is 1. The van der Waals surface area contributed by atoms with Gasteiger partial charge in [-0.25, -0.2) is 8.42 Å². The Morgan fingerprint density at radius 3 is 2.41 bits per heavy atom. The molecule has 144 valence electrons. The molecule has 1 aliphatic rings. The molecule has 2 aromatic rings. The number of aromatic nitrogens is 1.